The zero-order chi connectivity index (χ0) is 28.6. The fraction of sp³-hybridized carbons (Fsp3) is 0.0968. The summed E-state index contributed by atoms with van der Waals surface area (Å²) < 4.78 is 9.24. The predicted octanol–water partition coefficient (Wildman–Crippen LogP) is 3.63. The number of rotatable bonds is 3. The third-order valence-corrected chi connectivity index (χ3v) is 9.32. The van der Waals surface area contributed by atoms with E-state index in [1.54, 1.807) is 31.3 Å². The normalized spacial score (nSPS) is 15.4. The van der Waals surface area contributed by atoms with Gasteiger partial charge in [-0.3, -0.25) is 0 Å². The Bertz CT molecular complexity index is 2070. The van der Waals surface area contributed by atoms with Crippen molar-refractivity contribution in [3.8, 4) is 11.8 Å². The zero-order valence-electron chi connectivity index (χ0n) is 21.8. The van der Waals surface area contributed by atoms with Crippen LogP contribution in [0.4, 0.5) is 5.82 Å². The molecule has 3 heterocycles. The Balaban J connectivity index is 1.32. The Hall–Kier alpha value is -4.73. The van der Waals surface area contributed by atoms with Gasteiger partial charge in [0.2, 0.25) is 0 Å². The maximum absolute atomic E-state index is 13.6. The first-order valence-corrected chi connectivity index (χ1v) is 13.9. The van der Waals surface area contributed by atoms with Crippen LogP contribution >= 0.6 is 22.9 Å². The number of carbonyl (C=O) groups is 1. The monoisotopic (exact) mass is 583 g/mol. The first-order valence-electron chi connectivity index (χ1n) is 12.7. The highest BCUT2D eigenvalue weighted by molar-refractivity contribution is 7.21. The molecule has 2 aliphatic rings. The number of aromatic nitrogens is 2. The third kappa shape index (κ3) is 3.66. The topological polar surface area (TPSA) is 107 Å². The van der Waals surface area contributed by atoms with E-state index in [0.29, 0.717) is 49.4 Å². The van der Waals surface area contributed by atoms with Gasteiger partial charge in [-0.1, -0.05) is 60.1 Å². The number of benzene rings is 3. The zero-order valence-corrected chi connectivity index (χ0v) is 23.4. The summed E-state index contributed by atoms with van der Waals surface area (Å²) in [5, 5.41) is 23.2. The van der Waals surface area contributed by atoms with Crippen molar-refractivity contribution in [1.82, 2.24) is 4.57 Å². The van der Waals surface area contributed by atoms with Crippen molar-refractivity contribution in [2.75, 3.05) is 0 Å². The van der Waals surface area contributed by atoms with E-state index in [0.717, 1.165) is 15.6 Å². The molecule has 2 aromatic heterocycles. The highest BCUT2D eigenvalue weighted by atomic mass is 35.5. The van der Waals surface area contributed by atoms with Gasteiger partial charge >= 0.3 is 23.4 Å². The summed E-state index contributed by atoms with van der Waals surface area (Å²) in [7, 11) is 3.16. The van der Waals surface area contributed by atoms with E-state index in [-0.39, 0.29) is 11.8 Å². The number of nitrogens with zero attached hydrogens (tertiary/aromatic N) is 2. The van der Waals surface area contributed by atoms with Crippen molar-refractivity contribution in [3.05, 3.63) is 121 Å². The van der Waals surface area contributed by atoms with Crippen LogP contribution in [0.2, 0.25) is 5.02 Å². The van der Waals surface area contributed by atoms with Crippen LogP contribution < -0.4 is 19.9 Å². The Morgan fingerprint density at radius 3 is 2.44 bits per heavy atom. The summed E-state index contributed by atoms with van der Waals surface area (Å²) >= 11 is 7.74. The molecule has 0 spiro atoms. The average molecular weight is 584 g/mol. The minimum absolute atomic E-state index is 0.0754. The van der Waals surface area contributed by atoms with Crippen LogP contribution in [0.25, 0.3) is 15.8 Å². The van der Waals surface area contributed by atoms with Crippen LogP contribution in [0.15, 0.2) is 83.2 Å². The number of aliphatic hydroxyl groups is 1. The van der Waals surface area contributed by atoms with E-state index in [1.165, 1.54) is 27.5 Å². The molecule has 1 unspecified atom stereocenters. The number of aliphatic hydroxyl groups excluding tert-OH is 1. The number of allylic oxidation sites excluding steroid dienone is 1. The Labute approximate surface area is 242 Å². The van der Waals surface area contributed by atoms with Gasteiger partial charge in [0.25, 0.3) is 0 Å². The number of carbonyl (C=O) groups excluding carboxylic acids is 1. The molecule has 1 aliphatic carbocycles. The first-order chi connectivity index (χ1) is 19.8. The van der Waals surface area contributed by atoms with Crippen LogP contribution in [0.3, 0.4) is 0 Å². The smallest absolute Gasteiger partial charge is 0.507 e. The molecule has 10 heteroatoms. The molecule has 41 heavy (non-hydrogen) atoms. The van der Waals surface area contributed by atoms with Gasteiger partial charge in [-0.25, -0.2) is 14.6 Å². The summed E-state index contributed by atoms with van der Waals surface area (Å²) in [6.07, 6.45) is 0. The lowest BCUT2D eigenvalue weighted by molar-refractivity contribution is -0.723. The summed E-state index contributed by atoms with van der Waals surface area (Å²) in [6, 6.07) is 21.6. The van der Waals surface area contributed by atoms with E-state index in [1.807, 2.05) is 48.5 Å². The molecule has 0 fully saturated rings. The van der Waals surface area contributed by atoms with Gasteiger partial charge in [-0.2, -0.15) is 0 Å². The summed E-state index contributed by atoms with van der Waals surface area (Å²) in [5.74, 6) is -0.418. The van der Waals surface area contributed by atoms with E-state index in [9.17, 15) is 19.8 Å². The third-order valence-electron chi connectivity index (χ3n) is 7.67. The number of fused-ring (bicyclic) bond motifs is 5. The van der Waals surface area contributed by atoms with Crippen LogP contribution in [0, 0.1) is 0 Å². The van der Waals surface area contributed by atoms with Crippen LogP contribution in [-0.4, -0.2) is 26.5 Å². The van der Waals surface area contributed by atoms with E-state index in [4.69, 9.17) is 16.3 Å². The lowest BCUT2D eigenvalue weighted by atomic mass is 9.81. The largest absolute Gasteiger partial charge is 0.519 e. The number of nitrogens with one attached hydrogen (secondary N) is 1. The quantitative estimate of drug-likeness (QED) is 0.171. The number of thiophene rings is 1. The molecule has 1 aliphatic heterocycles. The van der Waals surface area contributed by atoms with Crippen LogP contribution in [0.1, 0.15) is 37.8 Å². The summed E-state index contributed by atoms with van der Waals surface area (Å²) in [4.78, 5) is 30.2. The average Bonchev–Trinajstić information content (AvgIpc) is 3.48. The molecule has 3 N–H and O–H groups in total. The van der Waals surface area contributed by atoms with Gasteiger partial charge < -0.3 is 14.9 Å². The molecule has 3 aromatic carbocycles. The lowest BCUT2D eigenvalue weighted by Crippen LogP contribution is -2.75. The SMILES string of the molecule is Cn1c(O)[n+](C)c2c(c1=O)C(c1ccc(OC(=O)c3sc4ccccc4c3Cl)cc1)C1=C(O)c3ccccc3C1=[NH+]2. The summed E-state index contributed by atoms with van der Waals surface area (Å²) in [6.45, 7) is 0. The highest BCUT2D eigenvalue weighted by Gasteiger charge is 2.47. The fourth-order valence-corrected chi connectivity index (χ4v) is 7.03. The summed E-state index contributed by atoms with van der Waals surface area (Å²) in [5.41, 5.74) is 3.32. The Morgan fingerprint density at radius 2 is 1.71 bits per heavy atom. The minimum Gasteiger partial charge on any atom is -0.507 e. The molecule has 0 saturated carbocycles. The van der Waals surface area contributed by atoms with Crippen molar-refractivity contribution in [1.29, 1.82) is 0 Å². The van der Waals surface area contributed by atoms with Gasteiger partial charge in [-0.15, -0.1) is 20.5 Å². The molecule has 0 amide bonds. The minimum atomic E-state index is -0.666. The van der Waals surface area contributed by atoms with Crippen molar-refractivity contribution >= 4 is 56.3 Å². The second kappa shape index (κ2) is 9.15. The Morgan fingerprint density at radius 1 is 1.02 bits per heavy atom. The first kappa shape index (κ1) is 25.3. The van der Waals surface area contributed by atoms with Crippen molar-refractivity contribution in [2.45, 2.75) is 5.92 Å². The fourth-order valence-electron chi connectivity index (χ4n) is 5.64. The van der Waals surface area contributed by atoms with Gasteiger partial charge in [0.15, 0.2) is 11.3 Å². The number of hydrogen-bond donors (Lipinski definition) is 3. The van der Waals surface area contributed by atoms with Gasteiger partial charge in [0.05, 0.1) is 16.5 Å². The maximum atomic E-state index is 13.6. The molecule has 0 bridgehead atoms. The molecule has 202 valence electrons. The molecule has 0 radical (unpaired) electrons. The molecular formula is C31H22ClN3O5S+2. The van der Waals surface area contributed by atoms with E-state index in [2.05, 4.69) is 4.99 Å². The Kier molecular flexibility index (Phi) is 5.64. The van der Waals surface area contributed by atoms with E-state index >= 15 is 0 Å². The molecule has 5 aromatic rings. The second-order valence-electron chi connectivity index (χ2n) is 9.93. The van der Waals surface area contributed by atoms with Crippen molar-refractivity contribution < 1.29 is 29.3 Å². The van der Waals surface area contributed by atoms with E-state index < -0.39 is 17.4 Å². The van der Waals surface area contributed by atoms with Gasteiger partial charge in [-0.05, 0) is 29.8 Å². The lowest BCUT2D eigenvalue weighted by Gasteiger charge is -2.22. The molecule has 7 rings (SSSR count). The number of aromatic hydroxyl groups is 1. The second-order valence-corrected chi connectivity index (χ2v) is 11.4. The predicted molar refractivity (Wildman–Crippen MR) is 155 cm³/mol. The van der Waals surface area contributed by atoms with Crippen molar-refractivity contribution in [2.24, 2.45) is 14.1 Å². The molecule has 0 saturated heterocycles. The maximum Gasteiger partial charge on any atom is 0.519 e. The molecule has 8 nitrogen and oxygen atoms in total. The van der Waals surface area contributed by atoms with Crippen molar-refractivity contribution in [3.63, 3.8) is 0 Å². The number of halogens is 1. The number of hydrogen-bond acceptors (Lipinski definition) is 6. The standard InChI is InChI=1S/C31H20ClN3O5S/c1-34-28-23(29(37)35(2)31(34)39)21(22-25(33-28)17-7-3-4-8-18(17)26(22)36)15-11-13-16(14-12-15)40-30(38)27-24(32)19-9-5-6-10-20(19)41-27/h3-14,21H,1-2H3,(H,33,36,37)/p+2. The van der Waals surface area contributed by atoms with Crippen LogP contribution in [0.5, 0.6) is 11.8 Å². The molecular weight excluding hydrogens is 562 g/mol. The molecule has 1 atom stereocenters. The van der Waals surface area contributed by atoms with Gasteiger partial charge in [0, 0.05) is 21.2 Å². The van der Waals surface area contributed by atoms with Crippen LogP contribution in [-0.2, 0) is 14.1 Å². The highest BCUT2D eigenvalue weighted by Crippen LogP contribution is 2.44. The number of ether oxygens (including phenoxy) is 1. The van der Waals surface area contributed by atoms with Gasteiger partial charge in [0.1, 0.15) is 30.5 Å². The number of esters is 1.